The third kappa shape index (κ3) is 4.11. The molecule has 0 radical (unpaired) electrons. The van der Waals surface area contributed by atoms with Crippen molar-refractivity contribution in [3.05, 3.63) is 34.9 Å². The number of amidine groups is 1. The van der Waals surface area contributed by atoms with Gasteiger partial charge in [-0.25, -0.2) is 4.99 Å². The maximum absolute atomic E-state index is 5.90. The highest BCUT2D eigenvalue weighted by molar-refractivity contribution is 6.30. The van der Waals surface area contributed by atoms with Gasteiger partial charge in [0.15, 0.2) is 0 Å². The number of hydrogen-bond acceptors (Lipinski definition) is 4. The maximum Gasteiger partial charge on any atom is 0.282 e. The van der Waals surface area contributed by atoms with Crippen molar-refractivity contribution >= 4 is 17.6 Å². The van der Waals surface area contributed by atoms with E-state index in [0.29, 0.717) is 19.2 Å². The van der Waals surface area contributed by atoms with E-state index in [4.69, 9.17) is 26.8 Å². The number of rotatable bonds is 6. The minimum Gasteiger partial charge on any atom is -0.463 e. The molecule has 1 aliphatic rings. The fourth-order valence-electron chi connectivity index (χ4n) is 2.15. The summed E-state index contributed by atoms with van der Waals surface area (Å²) in [6.45, 7) is 3.25. The second-order valence-electron chi connectivity index (χ2n) is 4.51. The number of nitrogens with zero attached hydrogens (tertiary/aromatic N) is 1. The zero-order valence-electron chi connectivity index (χ0n) is 11.0. The summed E-state index contributed by atoms with van der Waals surface area (Å²) in [5.41, 5.74) is 6.64. The molecule has 0 saturated heterocycles. The van der Waals surface area contributed by atoms with Gasteiger partial charge in [-0.05, 0) is 37.5 Å². The molecule has 19 heavy (non-hydrogen) atoms. The van der Waals surface area contributed by atoms with Gasteiger partial charge in [-0.15, -0.1) is 0 Å². The number of halogens is 1. The Morgan fingerprint density at radius 3 is 2.79 bits per heavy atom. The first-order chi connectivity index (χ1) is 9.19. The molecule has 4 nitrogen and oxygen atoms in total. The van der Waals surface area contributed by atoms with Crippen LogP contribution in [-0.4, -0.2) is 25.3 Å². The van der Waals surface area contributed by atoms with E-state index in [2.05, 4.69) is 4.99 Å². The summed E-state index contributed by atoms with van der Waals surface area (Å²) in [4.78, 5) is 4.22. The fourth-order valence-corrected chi connectivity index (χ4v) is 2.28. The molecule has 2 N–H and O–H groups in total. The lowest BCUT2D eigenvalue weighted by Crippen LogP contribution is -2.11. The highest BCUT2D eigenvalue weighted by Gasteiger charge is 2.19. The van der Waals surface area contributed by atoms with Crippen molar-refractivity contribution < 1.29 is 9.47 Å². The van der Waals surface area contributed by atoms with Gasteiger partial charge in [-0.1, -0.05) is 23.7 Å². The summed E-state index contributed by atoms with van der Waals surface area (Å²) in [6, 6.07) is 8.23. The van der Waals surface area contributed by atoms with Gasteiger partial charge < -0.3 is 15.2 Å². The molecule has 2 atom stereocenters. The van der Waals surface area contributed by atoms with Gasteiger partial charge in [0.1, 0.15) is 6.61 Å². The molecule has 0 aromatic heterocycles. The molecule has 1 heterocycles. The minimum atomic E-state index is 0.0688. The van der Waals surface area contributed by atoms with Gasteiger partial charge in [0, 0.05) is 11.6 Å². The Bertz CT molecular complexity index is 434. The van der Waals surface area contributed by atoms with Gasteiger partial charge in [0.05, 0.1) is 12.1 Å². The number of aliphatic imine (C=N–C) groups is 1. The zero-order chi connectivity index (χ0) is 13.7. The van der Waals surface area contributed by atoms with Crippen LogP contribution in [0.1, 0.15) is 31.4 Å². The zero-order valence-corrected chi connectivity index (χ0v) is 11.8. The molecule has 0 saturated carbocycles. The largest absolute Gasteiger partial charge is 0.463 e. The Balaban J connectivity index is 1.94. The molecular weight excluding hydrogens is 264 g/mol. The van der Waals surface area contributed by atoms with Crippen LogP contribution in [0.2, 0.25) is 5.02 Å². The van der Waals surface area contributed by atoms with Crippen molar-refractivity contribution in [2.24, 2.45) is 10.7 Å². The summed E-state index contributed by atoms with van der Waals surface area (Å²) >= 11 is 5.90. The number of ether oxygens (including phenoxy) is 2. The van der Waals surface area contributed by atoms with Crippen LogP contribution in [0.5, 0.6) is 0 Å². The van der Waals surface area contributed by atoms with Crippen molar-refractivity contribution in [3.8, 4) is 0 Å². The Morgan fingerprint density at radius 2 is 2.21 bits per heavy atom. The molecule has 5 heteroatoms. The van der Waals surface area contributed by atoms with Gasteiger partial charge in [0.25, 0.3) is 6.02 Å². The van der Waals surface area contributed by atoms with Crippen molar-refractivity contribution in [1.82, 2.24) is 0 Å². The van der Waals surface area contributed by atoms with E-state index in [1.165, 1.54) is 0 Å². The van der Waals surface area contributed by atoms with E-state index in [1.54, 1.807) is 0 Å². The van der Waals surface area contributed by atoms with E-state index in [9.17, 15) is 0 Å². The van der Waals surface area contributed by atoms with Crippen LogP contribution in [0.15, 0.2) is 29.3 Å². The van der Waals surface area contributed by atoms with Crippen molar-refractivity contribution in [1.29, 1.82) is 0 Å². The molecule has 0 bridgehead atoms. The normalized spacial score (nSPS) is 19.9. The second kappa shape index (κ2) is 6.78. The maximum atomic E-state index is 5.90. The quantitative estimate of drug-likeness (QED) is 0.873. The van der Waals surface area contributed by atoms with E-state index in [-0.39, 0.29) is 12.1 Å². The first-order valence-corrected chi connectivity index (χ1v) is 6.90. The van der Waals surface area contributed by atoms with Crippen molar-refractivity contribution in [2.45, 2.75) is 31.9 Å². The van der Waals surface area contributed by atoms with Gasteiger partial charge in [-0.2, -0.15) is 0 Å². The molecule has 0 spiro atoms. The molecule has 0 amide bonds. The average Bonchev–Trinajstić information content (AvgIpc) is 2.81. The monoisotopic (exact) mass is 282 g/mol. The van der Waals surface area contributed by atoms with Crippen LogP contribution < -0.4 is 5.73 Å². The topological polar surface area (TPSA) is 56.8 Å². The number of nitrogens with two attached hydrogens (primary N) is 1. The Morgan fingerprint density at radius 1 is 1.47 bits per heavy atom. The van der Waals surface area contributed by atoms with E-state index in [0.717, 1.165) is 23.4 Å². The Kier molecular flexibility index (Phi) is 5.05. The molecule has 1 aromatic rings. The lowest BCUT2D eigenvalue weighted by Gasteiger charge is -2.18. The van der Waals surface area contributed by atoms with Crippen LogP contribution in [0.4, 0.5) is 0 Å². The van der Waals surface area contributed by atoms with Crippen LogP contribution in [-0.2, 0) is 9.47 Å². The molecule has 104 valence electrons. The Labute approximate surface area is 118 Å². The van der Waals surface area contributed by atoms with E-state index >= 15 is 0 Å². The van der Waals surface area contributed by atoms with Gasteiger partial charge in [-0.3, -0.25) is 0 Å². The standard InChI is InChI=1S/C14H19ClN2O2/c1-2-18-13(10-3-5-11(15)6-4-10)8-7-12-9-19-14(16)17-12/h3-6,12-13H,2,7-9H2,1H3,(H2,16,17)/t12-,13?/m0/s1. The molecular formula is C14H19ClN2O2. The fraction of sp³-hybridized carbons (Fsp3) is 0.500. The van der Waals surface area contributed by atoms with Gasteiger partial charge in [0.2, 0.25) is 0 Å². The first kappa shape index (κ1) is 14.2. The second-order valence-corrected chi connectivity index (χ2v) is 4.94. The number of benzene rings is 1. The van der Waals surface area contributed by atoms with Crippen LogP contribution in [0.3, 0.4) is 0 Å². The van der Waals surface area contributed by atoms with Crippen LogP contribution in [0, 0.1) is 0 Å². The number of hydrogen-bond donors (Lipinski definition) is 1. The highest BCUT2D eigenvalue weighted by atomic mass is 35.5. The summed E-state index contributed by atoms with van der Waals surface area (Å²) in [6.07, 6.45) is 1.85. The predicted molar refractivity (Wildman–Crippen MR) is 76.4 cm³/mol. The molecule has 1 aromatic carbocycles. The Hall–Kier alpha value is -1.26. The van der Waals surface area contributed by atoms with Gasteiger partial charge >= 0.3 is 0 Å². The van der Waals surface area contributed by atoms with Crippen molar-refractivity contribution in [2.75, 3.05) is 13.2 Å². The molecule has 1 unspecified atom stereocenters. The molecule has 1 aliphatic heterocycles. The first-order valence-electron chi connectivity index (χ1n) is 6.52. The van der Waals surface area contributed by atoms with Crippen molar-refractivity contribution in [3.63, 3.8) is 0 Å². The third-order valence-electron chi connectivity index (χ3n) is 3.11. The molecule has 2 rings (SSSR count). The third-order valence-corrected chi connectivity index (χ3v) is 3.36. The molecule has 0 fully saturated rings. The van der Waals surface area contributed by atoms with E-state index < -0.39 is 0 Å². The lowest BCUT2D eigenvalue weighted by atomic mass is 10.0. The van der Waals surface area contributed by atoms with Crippen LogP contribution in [0.25, 0.3) is 0 Å². The summed E-state index contributed by atoms with van der Waals surface area (Å²) in [7, 11) is 0. The average molecular weight is 283 g/mol. The summed E-state index contributed by atoms with van der Waals surface area (Å²) in [5, 5.41) is 0.737. The lowest BCUT2D eigenvalue weighted by molar-refractivity contribution is 0.0529. The van der Waals surface area contributed by atoms with Crippen LogP contribution >= 0.6 is 11.6 Å². The minimum absolute atomic E-state index is 0.0688. The van der Waals surface area contributed by atoms with E-state index in [1.807, 2.05) is 31.2 Å². The predicted octanol–water partition coefficient (Wildman–Crippen LogP) is 2.91. The molecule has 0 aliphatic carbocycles. The highest BCUT2D eigenvalue weighted by Crippen LogP contribution is 2.26. The summed E-state index contributed by atoms with van der Waals surface area (Å²) in [5.74, 6) is 0. The smallest absolute Gasteiger partial charge is 0.282 e. The summed E-state index contributed by atoms with van der Waals surface area (Å²) < 4.78 is 10.9. The SMILES string of the molecule is CCOC(CC[C@H]1COC(N)=N1)c1ccc(Cl)cc1.